The Balaban J connectivity index is 2.69. The highest BCUT2D eigenvalue weighted by Gasteiger charge is 2.51. The van der Waals surface area contributed by atoms with Gasteiger partial charge in [0.15, 0.2) is 0 Å². The number of hydrogen-bond donors (Lipinski definition) is 0. The molecule has 0 heterocycles. The number of rotatable bonds is 2. The van der Waals surface area contributed by atoms with E-state index in [4.69, 9.17) is 7.85 Å². The van der Waals surface area contributed by atoms with Gasteiger partial charge in [-0.2, -0.15) is 0 Å². The maximum Gasteiger partial charge on any atom is 0.0743 e. The van der Waals surface area contributed by atoms with E-state index < -0.39 is 0 Å². The molecule has 1 aliphatic carbocycles. The Morgan fingerprint density at radius 2 is 1.33 bits per heavy atom. The van der Waals surface area contributed by atoms with Crippen molar-refractivity contribution in [2.24, 2.45) is 17.3 Å². The van der Waals surface area contributed by atoms with Crippen LogP contribution in [0, 0.1) is 17.3 Å². The van der Waals surface area contributed by atoms with Gasteiger partial charge in [-0.25, -0.2) is 0 Å². The van der Waals surface area contributed by atoms with E-state index in [0.29, 0.717) is 5.41 Å². The molecule has 0 aromatic heterocycles. The van der Waals surface area contributed by atoms with Crippen LogP contribution in [0.4, 0.5) is 0 Å². The van der Waals surface area contributed by atoms with Crippen LogP contribution < -0.4 is 0 Å². The first-order chi connectivity index (χ1) is 5.30. The molecule has 0 saturated heterocycles. The molecule has 0 amide bonds. The summed E-state index contributed by atoms with van der Waals surface area (Å²) < 4.78 is 0. The third kappa shape index (κ3) is 1.43. The monoisotopic (exact) mass is 164 g/mol. The molecule has 0 aromatic rings. The fourth-order valence-corrected chi connectivity index (χ4v) is 2.94. The van der Waals surface area contributed by atoms with Gasteiger partial charge >= 0.3 is 0 Å². The normalized spacial score (nSPS) is 25.9. The van der Waals surface area contributed by atoms with Gasteiger partial charge < -0.3 is 0 Å². The topological polar surface area (TPSA) is 0 Å². The standard InChI is InChI=1S/C11H21B/c1-8(2)11(9(3)4)6-10(5,12)7-11/h8-9H,6-7H2,1-5H3. The van der Waals surface area contributed by atoms with Crippen LogP contribution >= 0.6 is 0 Å². The van der Waals surface area contributed by atoms with Gasteiger partial charge in [0.1, 0.15) is 0 Å². The fraction of sp³-hybridized carbons (Fsp3) is 1.00. The van der Waals surface area contributed by atoms with Crippen molar-refractivity contribution in [1.29, 1.82) is 0 Å². The summed E-state index contributed by atoms with van der Waals surface area (Å²) >= 11 is 0. The molecule has 1 saturated carbocycles. The molecular formula is C11H21B. The molecule has 0 atom stereocenters. The molecule has 1 aliphatic rings. The molecule has 0 aromatic carbocycles. The minimum absolute atomic E-state index is 0.120. The molecule has 1 heteroatoms. The molecule has 0 nitrogen and oxygen atoms in total. The van der Waals surface area contributed by atoms with Gasteiger partial charge in [0.05, 0.1) is 7.85 Å². The van der Waals surface area contributed by atoms with Crippen LogP contribution in [0.1, 0.15) is 47.5 Å². The van der Waals surface area contributed by atoms with Crippen molar-refractivity contribution in [2.45, 2.75) is 52.8 Å². The second kappa shape index (κ2) is 2.78. The maximum atomic E-state index is 6.07. The van der Waals surface area contributed by atoms with Crippen molar-refractivity contribution >= 4 is 7.85 Å². The van der Waals surface area contributed by atoms with Crippen molar-refractivity contribution in [3.05, 3.63) is 0 Å². The summed E-state index contributed by atoms with van der Waals surface area (Å²) in [4.78, 5) is 0. The predicted octanol–water partition coefficient (Wildman–Crippen LogP) is 3.43. The van der Waals surface area contributed by atoms with Gasteiger partial charge in [0, 0.05) is 0 Å². The summed E-state index contributed by atoms with van der Waals surface area (Å²) in [5.41, 5.74) is 0.531. The summed E-state index contributed by atoms with van der Waals surface area (Å²) in [6.45, 7) is 11.5. The van der Waals surface area contributed by atoms with Crippen molar-refractivity contribution in [3.63, 3.8) is 0 Å². The van der Waals surface area contributed by atoms with Crippen molar-refractivity contribution in [2.75, 3.05) is 0 Å². The van der Waals surface area contributed by atoms with Crippen molar-refractivity contribution in [3.8, 4) is 0 Å². The van der Waals surface area contributed by atoms with Gasteiger partial charge in [-0.3, -0.25) is 0 Å². The summed E-state index contributed by atoms with van der Waals surface area (Å²) in [7, 11) is 6.07. The third-order valence-electron chi connectivity index (χ3n) is 3.77. The summed E-state index contributed by atoms with van der Waals surface area (Å²) in [5.74, 6) is 1.54. The molecule has 68 valence electrons. The first-order valence-corrected chi connectivity index (χ1v) is 5.09. The Morgan fingerprint density at radius 1 is 1.00 bits per heavy atom. The van der Waals surface area contributed by atoms with Crippen LogP contribution in [0.2, 0.25) is 5.31 Å². The lowest BCUT2D eigenvalue weighted by atomic mass is 9.40. The third-order valence-corrected chi connectivity index (χ3v) is 3.77. The van der Waals surface area contributed by atoms with Gasteiger partial charge in [0.25, 0.3) is 0 Å². The summed E-state index contributed by atoms with van der Waals surface area (Å²) in [6, 6.07) is 0. The number of hydrogen-bond acceptors (Lipinski definition) is 0. The van der Waals surface area contributed by atoms with Crippen molar-refractivity contribution < 1.29 is 0 Å². The highest BCUT2D eigenvalue weighted by Crippen LogP contribution is 2.64. The van der Waals surface area contributed by atoms with Gasteiger partial charge in [-0.15, -0.1) is 0 Å². The lowest BCUT2D eigenvalue weighted by molar-refractivity contribution is -0.0215. The average molecular weight is 164 g/mol. The molecular weight excluding hydrogens is 143 g/mol. The summed E-state index contributed by atoms with van der Waals surface area (Å²) in [5, 5.41) is 0.120. The largest absolute Gasteiger partial charge is 0.0743 e. The van der Waals surface area contributed by atoms with E-state index in [1.54, 1.807) is 0 Å². The molecule has 0 aliphatic heterocycles. The van der Waals surface area contributed by atoms with E-state index in [2.05, 4.69) is 34.6 Å². The van der Waals surface area contributed by atoms with E-state index in [1.165, 1.54) is 12.8 Å². The van der Waals surface area contributed by atoms with Gasteiger partial charge in [-0.05, 0) is 30.1 Å². The predicted molar refractivity (Wildman–Crippen MR) is 55.5 cm³/mol. The van der Waals surface area contributed by atoms with Crippen LogP contribution in [0.3, 0.4) is 0 Å². The van der Waals surface area contributed by atoms with Crippen LogP contribution in [-0.4, -0.2) is 7.85 Å². The zero-order valence-corrected chi connectivity index (χ0v) is 9.15. The Morgan fingerprint density at radius 3 is 1.42 bits per heavy atom. The van der Waals surface area contributed by atoms with E-state index >= 15 is 0 Å². The molecule has 1 rings (SSSR count). The minimum Gasteiger partial charge on any atom is -0.0678 e. The zero-order chi connectivity index (χ0) is 9.57. The fourth-order valence-electron chi connectivity index (χ4n) is 2.94. The highest BCUT2D eigenvalue weighted by molar-refractivity contribution is 6.15. The molecule has 0 bridgehead atoms. The average Bonchev–Trinajstić information content (AvgIpc) is 1.80. The molecule has 0 unspecified atom stereocenters. The molecule has 0 N–H and O–H groups in total. The quantitative estimate of drug-likeness (QED) is 0.548. The lowest BCUT2D eigenvalue weighted by Gasteiger charge is -2.59. The lowest BCUT2D eigenvalue weighted by Crippen LogP contribution is -2.47. The second-order valence-electron chi connectivity index (χ2n) is 5.55. The Labute approximate surface area is 78.5 Å². The molecule has 2 radical (unpaired) electrons. The molecule has 1 fully saturated rings. The smallest absolute Gasteiger partial charge is 0.0678 e. The van der Waals surface area contributed by atoms with Gasteiger partial charge in [0.2, 0.25) is 0 Å². The Hall–Kier alpha value is 0.0649. The molecule has 12 heavy (non-hydrogen) atoms. The van der Waals surface area contributed by atoms with Crippen LogP contribution in [0.25, 0.3) is 0 Å². The first kappa shape index (κ1) is 10.1. The van der Waals surface area contributed by atoms with E-state index in [-0.39, 0.29) is 5.31 Å². The minimum atomic E-state index is 0.120. The van der Waals surface area contributed by atoms with E-state index in [9.17, 15) is 0 Å². The van der Waals surface area contributed by atoms with Crippen LogP contribution in [0.5, 0.6) is 0 Å². The Bertz CT molecular complexity index is 150. The first-order valence-electron chi connectivity index (χ1n) is 5.09. The van der Waals surface area contributed by atoms with Crippen LogP contribution in [0.15, 0.2) is 0 Å². The Kier molecular flexibility index (Phi) is 2.35. The zero-order valence-electron chi connectivity index (χ0n) is 9.15. The van der Waals surface area contributed by atoms with Crippen molar-refractivity contribution in [1.82, 2.24) is 0 Å². The summed E-state index contributed by atoms with van der Waals surface area (Å²) in [6.07, 6.45) is 2.41. The van der Waals surface area contributed by atoms with Gasteiger partial charge in [-0.1, -0.05) is 39.9 Å². The second-order valence-corrected chi connectivity index (χ2v) is 5.55. The molecule has 0 spiro atoms. The maximum absolute atomic E-state index is 6.07. The highest BCUT2D eigenvalue weighted by atomic mass is 14.5. The SMILES string of the molecule is [B]C1(C)CC(C(C)C)(C(C)C)C1. The van der Waals surface area contributed by atoms with Crippen LogP contribution in [-0.2, 0) is 0 Å². The van der Waals surface area contributed by atoms with E-state index in [0.717, 1.165) is 11.8 Å². The van der Waals surface area contributed by atoms with E-state index in [1.807, 2.05) is 0 Å².